The molecule has 0 spiro atoms. The van der Waals surface area contributed by atoms with E-state index >= 15 is 0 Å². The number of halogens is 3. The van der Waals surface area contributed by atoms with E-state index in [1.165, 1.54) is 5.56 Å². The molecule has 5 nitrogen and oxygen atoms in total. The minimum Gasteiger partial charge on any atom is -0.447 e. The first-order valence-corrected chi connectivity index (χ1v) is 13.1. The topological polar surface area (TPSA) is 36.0 Å². The van der Waals surface area contributed by atoms with Gasteiger partial charge in [0.15, 0.2) is 0 Å². The highest BCUT2D eigenvalue weighted by molar-refractivity contribution is 6.36. The van der Waals surface area contributed by atoms with Crippen molar-refractivity contribution in [2.45, 2.75) is 38.8 Å². The van der Waals surface area contributed by atoms with Crippen molar-refractivity contribution >= 4 is 46.6 Å². The van der Waals surface area contributed by atoms with Crippen molar-refractivity contribution in [3.05, 3.63) is 63.1 Å². The fourth-order valence-electron chi connectivity index (χ4n) is 4.92. The van der Waals surface area contributed by atoms with Crippen molar-refractivity contribution in [1.82, 2.24) is 9.80 Å². The zero-order valence-electron chi connectivity index (χ0n) is 19.7. The van der Waals surface area contributed by atoms with Gasteiger partial charge in [-0.25, -0.2) is 4.79 Å². The number of hydrogen-bond donors (Lipinski definition) is 0. The van der Waals surface area contributed by atoms with Crippen LogP contribution in [-0.2, 0) is 4.74 Å². The Hall–Kier alpha value is -1.66. The minimum atomic E-state index is -0.190. The van der Waals surface area contributed by atoms with Gasteiger partial charge in [0, 0.05) is 49.3 Å². The first kappa shape index (κ1) is 25.4. The average molecular weight is 525 g/mol. The molecule has 8 heteroatoms. The van der Waals surface area contributed by atoms with Gasteiger partial charge in [0.05, 0.1) is 22.9 Å². The Kier molecular flexibility index (Phi) is 8.52. The molecule has 2 aliphatic heterocycles. The normalized spacial score (nSPS) is 20.1. The monoisotopic (exact) mass is 523 g/mol. The summed E-state index contributed by atoms with van der Waals surface area (Å²) in [6.07, 6.45) is 1.73. The minimum absolute atomic E-state index is 0.0829. The summed E-state index contributed by atoms with van der Waals surface area (Å²) in [7, 11) is 0. The van der Waals surface area contributed by atoms with Crippen molar-refractivity contribution in [2.75, 3.05) is 44.2 Å². The SMILES string of the molecule is CC(C)OC(=O)N1CCC(CN2CCN(c3ccc(Cl)cc3Cl)[C@H](c3ccc(Cl)cc3)C2)CC1. The number of nitrogens with zero attached hydrogens (tertiary/aromatic N) is 3. The van der Waals surface area contributed by atoms with Crippen LogP contribution in [0.15, 0.2) is 42.5 Å². The number of amides is 1. The van der Waals surface area contributed by atoms with Crippen LogP contribution >= 0.6 is 34.8 Å². The number of piperidine rings is 1. The Morgan fingerprint density at radius 3 is 2.29 bits per heavy atom. The number of likely N-dealkylation sites (tertiary alicyclic amines) is 1. The van der Waals surface area contributed by atoms with Gasteiger partial charge in [-0.15, -0.1) is 0 Å². The maximum Gasteiger partial charge on any atom is 0.410 e. The fraction of sp³-hybridized carbons (Fsp3) is 0.500. The second kappa shape index (κ2) is 11.4. The molecule has 2 fully saturated rings. The molecule has 2 heterocycles. The van der Waals surface area contributed by atoms with E-state index in [0.29, 0.717) is 16.0 Å². The summed E-state index contributed by atoms with van der Waals surface area (Å²) in [5.74, 6) is 0.569. The van der Waals surface area contributed by atoms with Crippen molar-refractivity contribution in [1.29, 1.82) is 0 Å². The first-order valence-electron chi connectivity index (χ1n) is 11.9. The van der Waals surface area contributed by atoms with Crippen molar-refractivity contribution in [3.8, 4) is 0 Å². The third-order valence-corrected chi connectivity index (χ3v) is 7.45. The molecule has 0 saturated carbocycles. The van der Waals surface area contributed by atoms with Crippen LogP contribution in [0.2, 0.25) is 15.1 Å². The molecule has 0 aromatic heterocycles. The maximum absolute atomic E-state index is 12.2. The third-order valence-electron chi connectivity index (χ3n) is 6.66. The standard InChI is InChI=1S/C26H32Cl3N3O2/c1-18(2)34-26(33)31-11-9-19(10-12-31)16-30-13-14-32(24-8-7-22(28)15-23(24)29)25(17-30)20-3-5-21(27)6-4-20/h3-8,15,18-19,25H,9-14,16-17H2,1-2H3/t25-/m0/s1. The summed E-state index contributed by atoms with van der Waals surface area (Å²) in [4.78, 5) is 19.0. The number of carbonyl (C=O) groups is 1. The molecule has 1 atom stereocenters. The van der Waals surface area contributed by atoms with Crippen molar-refractivity contribution in [2.24, 2.45) is 5.92 Å². The van der Waals surface area contributed by atoms with Gasteiger partial charge < -0.3 is 14.5 Å². The van der Waals surface area contributed by atoms with Gasteiger partial charge in [-0.05, 0) is 68.5 Å². The number of anilines is 1. The molecule has 2 saturated heterocycles. The number of carbonyl (C=O) groups excluding carboxylic acids is 1. The zero-order valence-corrected chi connectivity index (χ0v) is 22.0. The van der Waals surface area contributed by atoms with E-state index in [9.17, 15) is 4.79 Å². The highest BCUT2D eigenvalue weighted by Gasteiger charge is 2.32. The highest BCUT2D eigenvalue weighted by Crippen LogP contribution is 2.37. The molecule has 0 bridgehead atoms. The Morgan fingerprint density at radius 1 is 0.971 bits per heavy atom. The van der Waals surface area contributed by atoms with E-state index in [1.807, 2.05) is 49.1 Å². The summed E-state index contributed by atoms with van der Waals surface area (Å²) in [6.45, 7) is 9.05. The Morgan fingerprint density at radius 2 is 1.65 bits per heavy atom. The molecule has 2 aromatic rings. The second-order valence-corrected chi connectivity index (χ2v) is 10.8. The molecule has 0 aliphatic carbocycles. The number of hydrogen-bond acceptors (Lipinski definition) is 4. The van der Waals surface area contributed by atoms with Crippen LogP contribution < -0.4 is 4.90 Å². The molecular weight excluding hydrogens is 493 g/mol. The Bertz CT molecular complexity index is 978. The average Bonchev–Trinajstić information content (AvgIpc) is 2.80. The molecule has 34 heavy (non-hydrogen) atoms. The Labute approximate surface area is 217 Å². The van der Waals surface area contributed by atoms with E-state index in [4.69, 9.17) is 39.5 Å². The van der Waals surface area contributed by atoms with E-state index in [2.05, 4.69) is 21.9 Å². The predicted octanol–water partition coefficient (Wildman–Crippen LogP) is 6.77. The number of rotatable bonds is 5. The van der Waals surface area contributed by atoms with Crippen molar-refractivity contribution in [3.63, 3.8) is 0 Å². The molecular formula is C26H32Cl3N3O2. The van der Waals surface area contributed by atoms with Gasteiger partial charge in [0.1, 0.15) is 0 Å². The molecule has 2 aromatic carbocycles. The van der Waals surface area contributed by atoms with E-state index in [-0.39, 0.29) is 18.2 Å². The lowest BCUT2D eigenvalue weighted by atomic mass is 9.94. The largest absolute Gasteiger partial charge is 0.447 e. The highest BCUT2D eigenvalue weighted by atomic mass is 35.5. The molecule has 184 valence electrons. The fourth-order valence-corrected chi connectivity index (χ4v) is 5.56. The first-order chi connectivity index (χ1) is 16.3. The third kappa shape index (κ3) is 6.31. The smallest absolute Gasteiger partial charge is 0.410 e. The van der Waals surface area contributed by atoms with Crippen LogP contribution in [0.5, 0.6) is 0 Å². The molecule has 0 unspecified atom stereocenters. The van der Waals surface area contributed by atoms with Crippen LogP contribution in [0.4, 0.5) is 10.5 Å². The molecule has 1 amide bonds. The molecule has 2 aliphatic rings. The van der Waals surface area contributed by atoms with Gasteiger partial charge in [-0.2, -0.15) is 0 Å². The summed E-state index contributed by atoms with van der Waals surface area (Å²) < 4.78 is 5.36. The lowest BCUT2D eigenvalue weighted by molar-refractivity contribution is 0.0607. The van der Waals surface area contributed by atoms with Crippen molar-refractivity contribution < 1.29 is 9.53 Å². The molecule has 0 N–H and O–H groups in total. The summed E-state index contributed by atoms with van der Waals surface area (Å²) >= 11 is 18.9. The number of ether oxygens (including phenoxy) is 1. The summed E-state index contributed by atoms with van der Waals surface area (Å²) in [5, 5.41) is 2.04. The van der Waals surface area contributed by atoms with Gasteiger partial charge in [-0.1, -0.05) is 46.9 Å². The van der Waals surface area contributed by atoms with Crippen LogP contribution in [0, 0.1) is 5.92 Å². The summed E-state index contributed by atoms with van der Waals surface area (Å²) in [5.41, 5.74) is 2.22. The Balaban J connectivity index is 1.43. The molecule has 4 rings (SSSR count). The van der Waals surface area contributed by atoms with Crippen LogP contribution in [-0.4, -0.2) is 61.3 Å². The van der Waals surface area contributed by atoms with E-state index in [0.717, 1.165) is 62.8 Å². The summed E-state index contributed by atoms with van der Waals surface area (Å²) in [6, 6.07) is 14.0. The molecule has 0 radical (unpaired) electrons. The van der Waals surface area contributed by atoms with Gasteiger partial charge in [-0.3, -0.25) is 4.90 Å². The van der Waals surface area contributed by atoms with Crippen LogP contribution in [0.1, 0.15) is 38.3 Å². The van der Waals surface area contributed by atoms with Gasteiger partial charge in [0.2, 0.25) is 0 Å². The zero-order chi connectivity index (χ0) is 24.2. The lowest BCUT2D eigenvalue weighted by Gasteiger charge is -2.45. The number of piperazine rings is 1. The predicted molar refractivity (Wildman–Crippen MR) is 140 cm³/mol. The quantitative estimate of drug-likeness (QED) is 0.432. The number of benzene rings is 2. The maximum atomic E-state index is 12.2. The van der Waals surface area contributed by atoms with E-state index < -0.39 is 0 Å². The van der Waals surface area contributed by atoms with Gasteiger partial charge >= 0.3 is 6.09 Å². The second-order valence-electron chi connectivity index (χ2n) is 9.48. The lowest BCUT2D eigenvalue weighted by Crippen LogP contribution is -2.51. The van der Waals surface area contributed by atoms with Crippen LogP contribution in [0.3, 0.4) is 0 Å². The van der Waals surface area contributed by atoms with Crippen LogP contribution in [0.25, 0.3) is 0 Å². The van der Waals surface area contributed by atoms with E-state index in [1.54, 1.807) is 0 Å². The van der Waals surface area contributed by atoms with Gasteiger partial charge in [0.25, 0.3) is 0 Å².